The lowest BCUT2D eigenvalue weighted by Gasteiger charge is -2.03. The van der Waals surface area contributed by atoms with Crippen LogP contribution < -0.4 is 0 Å². The van der Waals surface area contributed by atoms with Crippen LogP contribution in [0.25, 0.3) is 6.08 Å². The molecule has 2 aromatic rings. The van der Waals surface area contributed by atoms with Crippen molar-refractivity contribution >= 4 is 57.1 Å². The number of nitrogens with zero attached hydrogens (tertiary/aromatic N) is 1. The van der Waals surface area contributed by atoms with E-state index < -0.39 is 5.97 Å². The number of esters is 1. The van der Waals surface area contributed by atoms with E-state index in [1.165, 1.54) is 11.8 Å². The van der Waals surface area contributed by atoms with E-state index in [0.29, 0.717) is 19.2 Å². The molecule has 0 spiro atoms. The standard InChI is InChI=1S/C20H16INO4S/c1-2-26-20(25)17-18(24)16(11-12-8-9-15(23)14(21)10-12)27-19(17)22-13-6-4-3-5-7-13/h3-11,23-24H,2H2,1H3/b16-11+,22-19?. The molecule has 7 heteroatoms. The minimum absolute atomic E-state index is 0.0606. The molecular formula is C20H16INO4S. The average Bonchev–Trinajstić information content (AvgIpc) is 2.94. The van der Waals surface area contributed by atoms with Crippen LogP contribution in [0.3, 0.4) is 0 Å². The number of halogens is 1. The van der Waals surface area contributed by atoms with E-state index in [9.17, 15) is 15.0 Å². The largest absolute Gasteiger partial charge is 0.507 e. The van der Waals surface area contributed by atoms with Crippen LogP contribution >= 0.6 is 34.4 Å². The molecule has 2 N–H and O–H groups in total. The van der Waals surface area contributed by atoms with Crippen molar-refractivity contribution in [3.05, 3.63) is 73.9 Å². The Bertz CT molecular complexity index is 967. The molecule has 0 radical (unpaired) electrons. The number of aromatic hydroxyl groups is 1. The number of phenolic OH excluding ortho intramolecular Hbond substituents is 1. The molecule has 0 saturated heterocycles. The number of carbonyl (C=O) groups excluding carboxylic acids is 1. The minimum atomic E-state index is -0.610. The van der Waals surface area contributed by atoms with Crippen LogP contribution in [0.2, 0.25) is 0 Å². The number of para-hydroxylation sites is 1. The molecular weight excluding hydrogens is 477 g/mol. The van der Waals surface area contributed by atoms with Crippen molar-refractivity contribution in [1.82, 2.24) is 0 Å². The highest BCUT2D eigenvalue weighted by atomic mass is 127. The molecule has 0 fully saturated rings. The van der Waals surface area contributed by atoms with Crippen LogP contribution in [0.5, 0.6) is 5.75 Å². The second-order valence-electron chi connectivity index (χ2n) is 5.52. The van der Waals surface area contributed by atoms with Crippen LogP contribution in [0.1, 0.15) is 12.5 Å². The van der Waals surface area contributed by atoms with E-state index in [1.807, 2.05) is 52.9 Å². The van der Waals surface area contributed by atoms with Gasteiger partial charge >= 0.3 is 5.97 Å². The molecule has 1 aliphatic rings. The number of ether oxygens (including phenoxy) is 1. The average molecular weight is 493 g/mol. The zero-order valence-electron chi connectivity index (χ0n) is 14.3. The van der Waals surface area contributed by atoms with E-state index in [4.69, 9.17) is 4.74 Å². The van der Waals surface area contributed by atoms with Gasteiger partial charge in [-0.2, -0.15) is 0 Å². The smallest absolute Gasteiger partial charge is 0.344 e. The fourth-order valence-electron chi connectivity index (χ4n) is 2.38. The first-order valence-corrected chi connectivity index (χ1v) is 10.0. The molecule has 138 valence electrons. The second kappa shape index (κ2) is 8.62. The van der Waals surface area contributed by atoms with Gasteiger partial charge in [0.1, 0.15) is 22.1 Å². The van der Waals surface area contributed by atoms with Crippen molar-refractivity contribution in [2.75, 3.05) is 6.61 Å². The quantitative estimate of drug-likeness (QED) is 0.453. The summed E-state index contributed by atoms with van der Waals surface area (Å²) in [4.78, 5) is 17.3. The maximum absolute atomic E-state index is 12.4. The third-order valence-electron chi connectivity index (χ3n) is 3.63. The molecule has 2 aromatic carbocycles. The molecule has 27 heavy (non-hydrogen) atoms. The number of thioether (sulfide) groups is 1. The second-order valence-corrected chi connectivity index (χ2v) is 7.71. The van der Waals surface area contributed by atoms with Gasteiger partial charge in [0.15, 0.2) is 0 Å². The predicted molar refractivity (Wildman–Crippen MR) is 116 cm³/mol. The highest BCUT2D eigenvalue weighted by molar-refractivity contribution is 14.1. The van der Waals surface area contributed by atoms with Crippen molar-refractivity contribution < 1.29 is 19.7 Å². The number of hydrogen-bond donors (Lipinski definition) is 2. The maximum Gasteiger partial charge on any atom is 0.344 e. The highest BCUT2D eigenvalue weighted by Gasteiger charge is 2.33. The summed E-state index contributed by atoms with van der Waals surface area (Å²) in [5.74, 6) is -0.577. The molecule has 0 aromatic heterocycles. The molecule has 0 amide bonds. The topological polar surface area (TPSA) is 79.1 Å². The van der Waals surface area contributed by atoms with E-state index in [2.05, 4.69) is 4.99 Å². The van der Waals surface area contributed by atoms with Crippen molar-refractivity contribution in [3.63, 3.8) is 0 Å². The zero-order chi connectivity index (χ0) is 19.4. The Kier molecular flexibility index (Phi) is 6.22. The summed E-state index contributed by atoms with van der Waals surface area (Å²) in [7, 11) is 0. The number of aliphatic hydroxyl groups is 1. The summed E-state index contributed by atoms with van der Waals surface area (Å²) in [5.41, 5.74) is 1.52. The zero-order valence-corrected chi connectivity index (χ0v) is 17.3. The third kappa shape index (κ3) is 4.54. The first-order chi connectivity index (χ1) is 13.0. The number of aliphatic imine (C=N–C) groups is 1. The minimum Gasteiger partial charge on any atom is -0.507 e. The number of carbonyl (C=O) groups is 1. The van der Waals surface area contributed by atoms with Gasteiger partial charge < -0.3 is 14.9 Å². The molecule has 5 nitrogen and oxygen atoms in total. The van der Waals surface area contributed by atoms with Gasteiger partial charge in [0.2, 0.25) is 0 Å². The first-order valence-electron chi connectivity index (χ1n) is 8.12. The highest BCUT2D eigenvalue weighted by Crippen LogP contribution is 2.40. The van der Waals surface area contributed by atoms with Crippen LogP contribution in [0.15, 0.2) is 69.8 Å². The van der Waals surface area contributed by atoms with E-state index in [-0.39, 0.29) is 23.7 Å². The molecule has 1 aliphatic heterocycles. The first kappa shape index (κ1) is 19.5. The van der Waals surface area contributed by atoms with Gasteiger partial charge in [-0.15, -0.1) is 0 Å². The fourth-order valence-corrected chi connectivity index (χ4v) is 3.95. The fraction of sp³-hybridized carbons (Fsp3) is 0.100. The summed E-state index contributed by atoms with van der Waals surface area (Å²) in [5, 5.41) is 20.7. The Balaban J connectivity index is 2.04. The Labute approximate surface area is 174 Å². The normalized spacial score (nSPS) is 17.0. The van der Waals surface area contributed by atoms with Gasteiger partial charge in [-0.05, 0) is 65.4 Å². The van der Waals surface area contributed by atoms with Crippen molar-refractivity contribution in [1.29, 1.82) is 0 Å². The van der Waals surface area contributed by atoms with Gasteiger partial charge in [0.05, 0.1) is 20.8 Å². The van der Waals surface area contributed by atoms with Crippen molar-refractivity contribution in [3.8, 4) is 5.75 Å². The Morgan fingerprint density at radius 3 is 2.63 bits per heavy atom. The summed E-state index contributed by atoms with van der Waals surface area (Å²) in [6, 6.07) is 14.3. The summed E-state index contributed by atoms with van der Waals surface area (Å²) in [6.07, 6.45) is 1.74. The van der Waals surface area contributed by atoms with Crippen LogP contribution in [0, 0.1) is 3.57 Å². The van der Waals surface area contributed by atoms with Crippen molar-refractivity contribution in [2.45, 2.75) is 6.92 Å². The monoisotopic (exact) mass is 493 g/mol. The van der Waals surface area contributed by atoms with Crippen LogP contribution in [-0.2, 0) is 9.53 Å². The summed E-state index contributed by atoms with van der Waals surface area (Å²) < 4.78 is 5.78. The SMILES string of the molecule is CCOC(=O)C1=C(O)/C(=C\c2ccc(O)c(I)c2)SC1=Nc1ccccc1. The molecule has 0 unspecified atom stereocenters. The Morgan fingerprint density at radius 1 is 1.22 bits per heavy atom. The summed E-state index contributed by atoms with van der Waals surface area (Å²) >= 11 is 3.23. The van der Waals surface area contributed by atoms with E-state index in [1.54, 1.807) is 31.2 Å². The van der Waals surface area contributed by atoms with Crippen LogP contribution in [0.4, 0.5) is 5.69 Å². The maximum atomic E-state index is 12.4. The van der Waals surface area contributed by atoms with Gasteiger partial charge in [0.25, 0.3) is 0 Å². The van der Waals surface area contributed by atoms with E-state index >= 15 is 0 Å². The van der Waals surface area contributed by atoms with E-state index in [0.717, 1.165) is 5.56 Å². The molecule has 3 rings (SSSR count). The van der Waals surface area contributed by atoms with Gasteiger partial charge in [0, 0.05) is 0 Å². The molecule has 0 aliphatic carbocycles. The van der Waals surface area contributed by atoms with Gasteiger partial charge in [-0.1, -0.05) is 36.0 Å². The lowest BCUT2D eigenvalue weighted by atomic mass is 10.1. The van der Waals surface area contributed by atoms with Crippen molar-refractivity contribution in [2.24, 2.45) is 4.99 Å². The summed E-state index contributed by atoms with van der Waals surface area (Å²) in [6.45, 7) is 1.91. The Morgan fingerprint density at radius 2 is 1.96 bits per heavy atom. The number of phenols is 1. The molecule has 1 heterocycles. The number of benzene rings is 2. The lowest BCUT2D eigenvalue weighted by Crippen LogP contribution is -2.12. The number of aliphatic hydroxyl groups excluding tert-OH is 1. The number of hydrogen-bond acceptors (Lipinski definition) is 6. The Hall–Kier alpha value is -2.26. The van der Waals surface area contributed by atoms with Gasteiger partial charge in [-0.3, -0.25) is 0 Å². The number of rotatable bonds is 4. The molecule has 0 atom stereocenters. The molecule has 0 saturated carbocycles. The van der Waals surface area contributed by atoms with Gasteiger partial charge in [-0.25, -0.2) is 9.79 Å². The lowest BCUT2D eigenvalue weighted by molar-refractivity contribution is -0.138. The predicted octanol–water partition coefficient (Wildman–Crippen LogP) is 5.19. The third-order valence-corrected chi connectivity index (χ3v) is 5.51. The van der Waals surface area contributed by atoms with Crippen LogP contribution in [-0.4, -0.2) is 27.8 Å². The molecule has 0 bridgehead atoms.